The van der Waals surface area contributed by atoms with Crippen molar-refractivity contribution in [2.45, 2.75) is 13.3 Å². The van der Waals surface area contributed by atoms with Crippen molar-refractivity contribution in [3.05, 3.63) is 23.1 Å². The van der Waals surface area contributed by atoms with E-state index >= 15 is 0 Å². The summed E-state index contributed by atoms with van der Waals surface area (Å²) in [6, 6.07) is 5.72. The number of carbonyl (C=O) groups excluding carboxylic acids is 1. The van der Waals surface area contributed by atoms with E-state index in [1.54, 1.807) is 7.11 Å². The quantitative estimate of drug-likeness (QED) is 0.910. The minimum absolute atomic E-state index is 0.0788. The standard InChI is InChI=1S/C15H18N2O2S/c1-8-6-9(8)7-17-15(18)14-13(16)12-10(19-2)4-3-5-11(12)20-14/h3-5,8-9H,6-7,16H2,1-2H3,(H,17,18). The number of ether oxygens (including phenoxy) is 1. The van der Waals surface area contributed by atoms with Crippen LogP contribution in [0.4, 0.5) is 5.69 Å². The summed E-state index contributed by atoms with van der Waals surface area (Å²) < 4.78 is 6.30. The van der Waals surface area contributed by atoms with Crippen LogP contribution in [0.25, 0.3) is 10.1 Å². The number of benzene rings is 1. The number of hydrogen-bond acceptors (Lipinski definition) is 4. The van der Waals surface area contributed by atoms with E-state index in [2.05, 4.69) is 12.2 Å². The Kier molecular flexibility index (Phi) is 3.30. The summed E-state index contributed by atoms with van der Waals surface area (Å²) in [5, 5.41) is 3.82. The number of hydrogen-bond donors (Lipinski definition) is 2. The summed E-state index contributed by atoms with van der Waals surface area (Å²) in [7, 11) is 1.61. The first-order valence-corrected chi connectivity index (χ1v) is 7.56. The first-order chi connectivity index (χ1) is 9.61. The third kappa shape index (κ3) is 2.22. The number of carbonyl (C=O) groups is 1. The Morgan fingerprint density at radius 1 is 1.55 bits per heavy atom. The fourth-order valence-corrected chi connectivity index (χ4v) is 3.52. The molecule has 1 aliphatic carbocycles. The van der Waals surface area contributed by atoms with Gasteiger partial charge in [0, 0.05) is 11.2 Å². The predicted molar refractivity (Wildman–Crippen MR) is 82.4 cm³/mol. The topological polar surface area (TPSA) is 64.3 Å². The monoisotopic (exact) mass is 290 g/mol. The third-order valence-electron chi connectivity index (χ3n) is 3.94. The molecule has 1 heterocycles. The van der Waals surface area contributed by atoms with Crippen molar-refractivity contribution >= 4 is 33.0 Å². The van der Waals surface area contributed by atoms with E-state index in [1.807, 2.05) is 18.2 Å². The maximum atomic E-state index is 12.3. The van der Waals surface area contributed by atoms with Crippen molar-refractivity contribution in [3.8, 4) is 5.75 Å². The Labute approximate surface area is 121 Å². The second-order valence-electron chi connectivity index (χ2n) is 5.36. The molecule has 4 nitrogen and oxygen atoms in total. The zero-order valence-corrected chi connectivity index (χ0v) is 12.4. The van der Waals surface area contributed by atoms with E-state index in [9.17, 15) is 4.79 Å². The van der Waals surface area contributed by atoms with Gasteiger partial charge in [0.1, 0.15) is 10.6 Å². The normalized spacial score (nSPS) is 20.9. The molecule has 106 valence electrons. The Hall–Kier alpha value is -1.75. The van der Waals surface area contributed by atoms with Gasteiger partial charge in [-0.25, -0.2) is 0 Å². The van der Waals surface area contributed by atoms with Crippen LogP contribution < -0.4 is 15.8 Å². The number of rotatable bonds is 4. The number of amides is 1. The van der Waals surface area contributed by atoms with Crippen molar-refractivity contribution < 1.29 is 9.53 Å². The van der Waals surface area contributed by atoms with Crippen LogP contribution in [0.5, 0.6) is 5.75 Å². The van der Waals surface area contributed by atoms with E-state index in [0.29, 0.717) is 22.2 Å². The molecule has 1 aromatic carbocycles. The van der Waals surface area contributed by atoms with Crippen LogP contribution in [0.15, 0.2) is 18.2 Å². The van der Waals surface area contributed by atoms with Gasteiger partial charge in [-0.2, -0.15) is 0 Å². The smallest absolute Gasteiger partial charge is 0.263 e. The Morgan fingerprint density at radius 3 is 2.95 bits per heavy atom. The molecule has 1 amide bonds. The maximum absolute atomic E-state index is 12.3. The molecular weight excluding hydrogens is 272 g/mol. The summed E-state index contributed by atoms with van der Waals surface area (Å²) in [6.45, 7) is 2.94. The molecule has 0 spiro atoms. The van der Waals surface area contributed by atoms with Crippen molar-refractivity contribution in [1.82, 2.24) is 5.32 Å². The van der Waals surface area contributed by atoms with Crippen LogP contribution in [0.3, 0.4) is 0 Å². The number of anilines is 1. The highest BCUT2D eigenvalue weighted by Crippen LogP contribution is 2.40. The fraction of sp³-hybridized carbons (Fsp3) is 0.400. The van der Waals surface area contributed by atoms with Crippen molar-refractivity contribution in [3.63, 3.8) is 0 Å². The van der Waals surface area contributed by atoms with E-state index in [1.165, 1.54) is 17.8 Å². The second kappa shape index (κ2) is 4.98. The van der Waals surface area contributed by atoms with Crippen LogP contribution in [-0.4, -0.2) is 19.6 Å². The van der Waals surface area contributed by atoms with E-state index in [-0.39, 0.29) is 5.91 Å². The molecule has 0 saturated heterocycles. The van der Waals surface area contributed by atoms with E-state index < -0.39 is 0 Å². The van der Waals surface area contributed by atoms with Gasteiger partial charge in [0.2, 0.25) is 0 Å². The highest BCUT2D eigenvalue weighted by Gasteiger charge is 2.32. The fourth-order valence-electron chi connectivity index (χ4n) is 2.47. The van der Waals surface area contributed by atoms with Gasteiger partial charge in [-0.1, -0.05) is 13.0 Å². The number of nitrogen functional groups attached to an aromatic ring is 1. The Balaban J connectivity index is 1.87. The first-order valence-electron chi connectivity index (χ1n) is 6.75. The third-order valence-corrected chi connectivity index (χ3v) is 5.11. The first kappa shape index (κ1) is 13.2. The molecule has 2 aromatic rings. The lowest BCUT2D eigenvalue weighted by molar-refractivity contribution is 0.0956. The lowest BCUT2D eigenvalue weighted by atomic mass is 10.2. The number of fused-ring (bicyclic) bond motifs is 1. The minimum Gasteiger partial charge on any atom is -0.496 e. The number of thiophene rings is 1. The average Bonchev–Trinajstić information content (AvgIpc) is 3.05. The van der Waals surface area contributed by atoms with Gasteiger partial charge in [-0.15, -0.1) is 11.3 Å². The Morgan fingerprint density at radius 2 is 2.30 bits per heavy atom. The Bertz CT molecular complexity index is 665. The zero-order chi connectivity index (χ0) is 14.3. The molecule has 1 fully saturated rings. The average molecular weight is 290 g/mol. The van der Waals surface area contributed by atoms with Crippen LogP contribution in [0.2, 0.25) is 0 Å². The molecule has 5 heteroatoms. The van der Waals surface area contributed by atoms with Gasteiger partial charge in [0.25, 0.3) is 5.91 Å². The minimum atomic E-state index is -0.0788. The zero-order valence-electron chi connectivity index (χ0n) is 11.6. The second-order valence-corrected chi connectivity index (χ2v) is 6.41. The highest BCUT2D eigenvalue weighted by atomic mass is 32.1. The summed E-state index contributed by atoms with van der Waals surface area (Å²) in [5.74, 6) is 2.00. The van der Waals surface area contributed by atoms with Crippen molar-refractivity contribution in [1.29, 1.82) is 0 Å². The van der Waals surface area contributed by atoms with Gasteiger partial charge in [-0.05, 0) is 30.4 Å². The molecule has 0 aliphatic heterocycles. The van der Waals surface area contributed by atoms with Crippen molar-refractivity contribution in [2.75, 3.05) is 19.4 Å². The van der Waals surface area contributed by atoms with Gasteiger partial charge in [-0.3, -0.25) is 4.79 Å². The van der Waals surface area contributed by atoms with Gasteiger partial charge in [0.15, 0.2) is 0 Å². The summed E-state index contributed by atoms with van der Waals surface area (Å²) >= 11 is 1.42. The molecule has 2 unspecified atom stereocenters. The van der Waals surface area contributed by atoms with Crippen molar-refractivity contribution in [2.24, 2.45) is 11.8 Å². The molecule has 2 atom stereocenters. The summed E-state index contributed by atoms with van der Waals surface area (Å²) in [5.41, 5.74) is 6.65. The molecule has 1 aromatic heterocycles. The molecule has 20 heavy (non-hydrogen) atoms. The predicted octanol–water partition coefficient (Wildman–Crippen LogP) is 2.88. The number of methoxy groups -OCH3 is 1. The molecule has 0 bridgehead atoms. The van der Waals surface area contributed by atoms with Crippen LogP contribution in [0.1, 0.15) is 23.0 Å². The molecule has 3 N–H and O–H groups in total. The van der Waals surface area contributed by atoms with E-state index in [0.717, 1.165) is 22.5 Å². The summed E-state index contributed by atoms with van der Waals surface area (Å²) in [6.07, 6.45) is 1.20. The van der Waals surface area contributed by atoms with Crippen LogP contribution >= 0.6 is 11.3 Å². The van der Waals surface area contributed by atoms with Gasteiger partial charge >= 0.3 is 0 Å². The molecule has 3 rings (SSSR count). The molecule has 1 saturated carbocycles. The lowest BCUT2D eigenvalue weighted by Gasteiger charge is -2.04. The SMILES string of the molecule is COc1cccc2sc(C(=O)NCC3CC3C)c(N)c12. The van der Waals surface area contributed by atoms with Crippen LogP contribution in [0, 0.1) is 11.8 Å². The number of nitrogens with two attached hydrogens (primary N) is 1. The number of nitrogens with one attached hydrogen (secondary N) is 1. The van der Waals surface area contributed by atoms with E-state index in [4.69, 9.17) is 10.5 Å². The van der Waals surface area contributed by atoms with Gasteiger partial charge < -0.3 is 15.8 Å². The molecular formula is C15H18N2O2S. The maximum Gasteiger partial charge on any atom is 0.263 e. The summed E-state index contributed by atoms with van der Waals surface area (Å²) in [4.78, 5) is 12.8. The lowest BCUT2D eigenvalue weighted by Crippen LogP contribution is -2.25. The molecule has 0 radical (unpaired) electrons. The van der Waals surface area contributed by atoms with Crippen LogP contribution in [-0.2, 0) is 0 Å². The highest BCUT2D eigenvalue weighted by molar-refractivity contribution is 7.21. The largest absolute Gasteiger partial charge is 0.496 e. The van der Waals surface area contributed by atoms with Gasteiger partial charge in [0.05, 0.1) is 18.2 Å². The molecule has 1 aliphatic rings.